The van der Waals surface area contributed by atoms with Crippen molar-refractivity contribution in [1.82, 2.24) is 0 Å². The van der Waals surface area contributed by atoms with Crippen molar-refractivity contribution in [2.24, 2.45) is 0 Å². The Morgan fingerprint density at radius 1 is 0.947 bits per heavy atom. The molecule has 1 unspecified atom stereocenters. The van der Waals surface area contributed by atoms with Gasteiger partial charge in [0, 0.05) is 4.47 Å². The highest BCUT2D eigenvalue weighted by Crippen LogP contribution is 2.37. The molecule has 0 heterocycles. The molecule has 0 aliphatic heterocycles. The lowest BCUT2D eigenvalue weighted by atomic mass is 9.98. The molecule has 100 valence electrons. The van der Waals surface area contributed by atoms with E-state index in [0.717, 1.165) is 15.6 Å². The molecule has 0 aliphatic rings. The highest BCUT2D eigenvalue weighted by atomic mass is 79.9. The molecule has 0 radical (unpaired) electrons. The highest BCUT2D eigenvalue weighted by molar-refractivity contribution is 9.10. The van der Waals surface area contributed by atoms with Gasteiger partial charge in [-0.05, 0) is 44.6 Å². The van der Waals surface area contributed by atoms with Crippen LogP contribution in [0.4, 0.5) is 0 Å². The Balaban J connectivity index is 2.33. The van der Waals surface area contributed by atoms with E-state index in [1.807, 2.05) is 18.2 Å². The normalized spacial score (nSPS) is 12.7. The van der Waals surface area contributed by atoms with Gasteiger partial charge in [0.2, 0.25) is 0 Å². The maximum absolute atomic E-state index is 6.54. The summed E-state index contributed by atoms with van der Waals surface area (Å²) in [5.74, 6) is 0.525. The Morgan fingerprint density at radius 3 is 2.11 bits per heavy atom. The van der Waals surface area contributed by atoms with Crippen LogP contribution in [-0.4, -0.2) is 0 Å². The van der Waals surface area contributed by atoms with Gasteiger partial charge in [0.15, 0.2) is 0 Å². The van der Waals surface area contributed by atoms with Gasteiger partial charge < -0.3 is 0 Å². The third-order valence-electron chi connectivity index (χ3n) is 3.15. The summed E-state index contributed by atoms with van der Waals surface area (Å²) in [6, 6.07) is 14.2. The van der Waals surface area contributed by atoms with Crippen molar-refractivity contribution in [1.29, 1.82) is 0 Å². The summed E-state index contributed by atoms with van der Waals surface area (Å²) in [4.78, 5) is 0. The van der Waals surface area contributed by atoms with Crippen molar-refractivity contribution in [3.8, 4) is 0 Å². The second-order valence-electron chi connectivity index (χ2n) is 4.83. The van der Waals surface area contributed by atoms with Crippen LogP contribution in [-0.2, 0) is 0 Å². The number of hydrogen-bond acceptors (Lipinski definition) is 0. The second-order valence-corrected chi connectivity index (χ2v) is 6.50. The zero-order chi connectivity index (χ0) is 14.0. The van der Waals surface area contributed by atoms with Crippen molar-refractivity contribution in [2.75, 3.05) is 0 Å². The molecule has 0 saturated carbocycles. The minimum absolute atomic E-state index is 0.230. The monoisotopic (exact) mass is 356 g/mol. The van der Waals surface area contributed by atoms with Crippen LogP contribution in [0, 0.1) is 0 Å². The second kappa shape index (κ2) is 6.30. The minimum Gasteiger partial charge on any atom is -0.113 e. The summed E-state index contributed by atoms with van der Waals surface area (Å²) in [6.07, 6.45) is 0. The first-order valence-corrected chi connectivity index (χ1v) is 7.79. The van der Waals surface area contributed by atoms with Crippen LogP contribution < -0.4 is 0 Å². The predicted molar refractivity (Wildman–Crippen MR) is 87.4 cm³/mol. The lowest BCUT2D eigenvalue weighted by Gasteiger charge is -2.14. The number of hydrogen-bond donors (Lipinski definition) is 0. The molecule has 0 saturated heterocycles. The van der Waals surface area contributed by atoms with E-state index in [9.17, 15) is 0 Å². The highest BCUT2D eigenvalue weighted by Gasteiger charge is 2.15. The number of rotatable bonds is 3. The first kappa shape index (κ1) is 14.9. The van der Waals surface area contributed by atoms with Gasteiger partial charge in [-0.2, -0.15) is 0 Å². The van der Waals surface area contributed by atoms with Gasteiger partial charge >= 0.3 is 0 Å². The van der Waals surface area contributed by atoms with Gasteiger partial charge in [-0.1, -0.05) is 61.8 Å². The van der Waals surface area contributed by atoms with E-state index >= 15 is 0 Å². The van der Waals surface area contributed by atoms with Crippen molar-refractivity contribution < 1.29 is 0 Å². The molecule has 2 aromatic carbocycles. The molecule has 0 amide bonds. The molecular formula is C16H15BrCl2. The molecule has 0 aromatic heterocycles. The predicted octanol–water partition coefficient (Wildman–Crippen LogP) is 6.55. The summed E-state index contributed by atoms with van der Waals surface area (Å²) in [5, 5.41) is 0.446. The van der Waals surface area contributed by atoms with Crippen molar-refractivity contribution in [3.05, 3.63) is 68.7 Å². The topological polar surface area (TPSA) is 0 Å². The molecule has 0 fully saturated rings. The average Bonchev–Trinajstić information content (AvgIpc) is 2.41. The largest absolute Gasteiger partial charge is 0.113 e. The van der Waals surface area contributed by atoms with Crippen molar-refractivity contribution in [3.63, 3.8) is 0 Å². The summed E-state index contributed by atoms with van der Waals surface area (Å²) in [5.41, 5.74) is 3.30. The molecule has 1 atom stereocenters. The first-order valence-electron chi connectivity index (χ1n) is 6.18. The van der Waals surface area contributed by atoms with E-state index in [1.54, 1.807) is 0 Å². The molecule has 0 N–H and O–H groups in total. The Labute approximate surface area is 132 Å². The molecule has 0 aliphatic carbocycles. The van der Waals surface area contributed by atoms with Gasteiger partial charge in [0.1, 0.15) is 0 Å². The minimum atomic E-state index is -0.230. The Hall–Kier alpha value is -0.500. The quantitative estimate of drug-likeness (QED) is 0.546. The van der Waals surface area contributed by atoms with Crippen LogP contribution in [0.15, 0.2) is 46.9 Å². The number of alkyl halides is 1. The lowest BCUT2D eigenvalue weighted by Crippen LogP contribution is -1.96. The molecule has 2 aromatic rings. The van der Waals surface area contributed by atoms with Crippen LogP contribution in [0.3, 0.4) is 0 Å². The molecule has 19 heavy (non-hydrogen) atoms. The van der Waals surface area contributed by atoms with Gasteiger partial charge in [-0.25, -0.2) is 0 Å². The van der Waals surface area contributed by atoms with Gasteiger partial charge in [-0.15, -0.1) is 11.6 Å². The summed E-state index contributed by atoms with van der Waals surface area (Å²) in [6.45, 7) is 4.36. The molecule has 0 nitrogen and oxygen atoms in total. The Kier molecular flexibility index (Phi) is 4.94. The smallest absolute Gasteiger partial charge is 0.0850 e. The lowest BCUT2D eigenvalue weighted by molar-refractivity contribution is 0.865. The van der Waals surface area contributed by atoms with Crippen molar-refractivity contribution in [2.45, 2.75) is 25.1 Å². The van der Waals surface area contributed by atoms with Crippen LogP contribution in [0.2, 0.25) is 5.02 Å². The fourth-order valence-electron chi connectivity index (χ4n) is 1.95. The summed E-state index contributed by atoms with van der Waals surface area (Å²) in [7, 11) is 0. The van der Waals surface area contributed by atoms with E-state index in [4.69, 9.17) is 23.2 Å². The summed E-state index contributed by atoms with van der Waals surface area (Å²) < 4.78 is 0.871. The average molecular weight is 358 g/mol. The third-order valence-corrected chi connectivity index (χ3v) is 4.95. The van der Waals surface area contributed by atoms with E-state index < -0.39 is 0 Å². The summed E-state index contributed by atoms with van der Waals surface area (Å²) >= 11 is 16.3. The fourth-order valence-corrected chi connectivity index (χ4v) is 2.95. The molecule has 0 bridgehead atoms. The van der Waals surface area contributed by atoms with Crippen LogP contribution in [0.25, 0.3) is 0 Å². The Bertz CT molecular complexity index is 561. The standard InChI is InChI=1S/C16H15BrCl2/c1-10(2)11-6-8-12(9-7-11)15(18)13-4-3-5-14(17)16(13)19/h3-10,15H,1-2H3. The Morgan fingerprint density at radius 2 is 1.53 bits per heavy atom. The molecule has 3 heteroatoms. The SMILES string of the molecule is CC(C)c1ccc(C(Cl)c2cccc(Br)c2Cl)cc1. The van der Waals surface area contributed by atoms with Crippen LogP contribution in [0.5, 0.6) is 0 Å². The molecule has 0 spiro atoms. The van der Waals surface area contributed by atoms with E-state index in [1.165, 1.54) is 5.56 Å². The fraction of sp³-hybridized carbons (Fsp3) is 0.250. The maximum atomic E-state index is 6.54. The number of benzene rings is 2. The molecule has 2 rings (SSSR count). The molecular weight excluding hydrogens is 343 g/mol. The van der Waals surface area contributed by atoms with E-state index in [2.05, 4.69) is 54.0 Å². The van der Waals surface area contributed by atoms with Gasteiger partial charge in [-0.3, -0.25) is 0 Å². The van der Waals surface area contributed by atoms with Crippen molar-refractivity contribution >= 4 is 39.1 Å². The van der Waals surface area contributed by atoms with E-state index in [0.29, 0.717) is 10.9 Å². The zero-order valence-electron chi connectivity index (χ0n) is 10.8. The maximum Gasteiger partial charge on any atom is 0.0850 e. The number of halogens is 3. The van der Waals surface area contributed by atoms with Crippen LogP contribution in [0.1, 0.15) is 41.8 Å². The third kappa shape index (κ3) is 3.34. The zero-order valence-corrected chi connectivity index (χ0v) is 13.9. The van der Waals surface area contributed by atoms with Crippen LogP contribution >= 0.6 is 39.1 Å². The van der Waals surface area contributed by atoms with Gasteiger partial charge in [0.05, 0.1) is 10.4 Å². The van der Waals surface area contributed by atoms with Gasteiger partial charge in [0.25, 0.3) is 0 Å². The van der Waals surface area contributed by atoms with E-state index in [-0.39, 0.29) is 5.38 Å². The first-order chi connectivity index (χ1) is 9.00.